The van der Waals surface area contributed by atoms with E-state index in [4.69, 9.17) is 28.6 Å². The highest BCUT2D eigenvalue weighted by molar-refractivity contribution is 8.13. The minimum Gasteiger partial charge on any atom is -0.478 e. The number of carboxylic acid groups (broad SMARTS) is 1. The molecule has 0 atom stereocenters. The van der Waals surface area contributed by atoms with Crippen LogP contribution in [-0.4, -0.2) is 30.2 Å². The maximum atomic E-state index is 11.1. The van der Waals surface area contributed by atoms with Crippen molar-refractivity contribution in [3.8, 4) is 0 Å². The Labute approximate surface area is 116 Å². The molecule has 0 fully saturated rings. The molecule has 1 aromatic rings. The molecule has 19 heavy (non-hydrogen) atoms. The monoisotopic (exact) mass is 300 g/mol. The molecule has 0 aromatic heterocycles. The first kappa shape index (κ1) is 15.6. The fraction of sp³-hybridized carbons (Fsp3) is 0.273. The third-order valence-corrected chi connectivity index (χ3v) is 3.86. The third kappa shape index (κ3) is 4.63. The van der Waals surface area contributed by atoms with E-state index in [0.717, 1.165) is 5.56 Å². The van der Waals surface area contributed by atoms with Crippen molar-refractivity contribution in [2.24, 2.45) is 16.8 Å². The highest BCUT2D eigenvalue weighted by atomic mass is 32.4. The second-order valence-electron chi connectivity index (χ2n) is 4.58. The number of carbonyl (C=O) groups is 1. The second-order valence-corrected chi connectivity index (χ2v) is 11.0. The standard InChI is InChI=1S/C11H17N4O2PS/c1-18(2,19)6-7-3-8(10(14-12)15-13)5-9(4-7)11(16)17/h3-5H,6,12-13H2,1-2H3,(H,14,15)(H,16,17). The van der Waals surface area contributed by atoms with Crippen LogP contribution in [0.15, 0.2) is 23.3 Å². The molecule has 0 heterocycles. The first-order valence-electron chi connectivity index (χ1n) is 5.43. The fourth-order valence-electron chi connectivity index (χ4n) is 1.68. The van der Waals surface area contributed by atoms with Crippen molar-refractivity contribution in [1.29, 1.82) is 0 Å². The largest absolute Gasteiger partial charge is 0.478 e. The number of hydrazone groups is 1. The van der Waals surface area contributed by atoms with Gasteiger partial charge < -0.3 is 16.4 Å². The van der Waals surface area contributed by atoms with Crippen LogP contribution in [0, 0.1) is 0 Å². The summed E-state index contributed by atoms with van der Waals surface area (Å²) in [5.41, 5.74) is 3.88. The van der Waals surface area contributed by atoms with Crippen molar-refractivity contribution in [3.05, 3.63) is 34.9 Å². The molecular weight excluding hydrogens is 283 g/mol. The Morgan fingerprint density at radius 2 is 2.00 bits per heavy atom. The normalized spacial score (nSPS) is 12.3. The molecule has 0 amide bonds. The number of carboxylic acids is 1. The van der Waals surface area contributed by atoms with Crippen LogP contribution in [0.2, 0.25) is 0 Å². The molecule has 0 aliphatic rings. The summed E-state index contributed by atoms with van der Waals surface area (Å²) >= 11 is 5.41. The number of nitrogens with two attached hydrogens (primary N) is 2. The molecular formula is C11H17N4O2PS. The molecule has 0 unspecified atom stereocenters. The number of hydrazine groups is 1. The van der Waals surface area contributed by atoms with E-state index in [2.05, 4.69) is 10.5 Å². The lowest BCUT2D eigenvalue weighted by molar-refractivity contribution is 0.0696. The minimum absolute atomic E-state index is 0.160. The number of amidine groups is 1. The van der Waals surface area contributed by atoms with Crippen molar-refractivity contribution in [2.75, 3.05) is 13.3 Å². The van der Waals surface area contributed by atoms with Gasteiger partial charge in [-0.2, -0.15) is 5.10 Å². The number of rotatable bonds is 4. The van der Waals surface area contributed by atoms with E-state index in [1.807, 2.05) is 13.3 Å². The summed E-state index contributed by atoms with van der Waals surface area (Å²) in [7, 11) is 0. The van der Waals surface area contributed by atoms with Gasteiger partial charge in [0.15, 0.2) is 5.84 Å². The van der Waals surface area contributed by atoms with Crippen molar-refractivity contribution < 1.29 is 9.90 Å². The third-order valence-electron chi connectivity index (χ3n) is 2.34. The number of nitrogens with one attached hydrogen (secondary N) is 1. The zero-order valence-electron chi connectivity index (χ0n) is 10.8. The molecule has 0 saturated carbocycles. The van der Waals surface area contributed by atoms with Gasteiger partial charge in [0.25, 0.3) is 0 Å². The van der Waals surface area contributed by atoms with Crippen LogP contribution in [0.5, 0.6) is 0 Å². The summed E-state index contributed by atoms with van der Waals surface area (Å²) in [5, 5.41) is 12.6. The molecule has 0 spiro atoms. The highest BCUT2D eigenvalue weighted by Gasteiger charge is 2.13. The lowest BCUT2D eigenvalue weighted by Gasteiger charge is -2.13. The quantitative estimate of drug-likeness (QED) is 0.214. The van der Waals surface area contributed by atoms with E-state index in [-0.39, 0.29) is 11.4 Å². The number of nitrogens with zero attached hydrogens (tertiary/aromatic N) is 1. The molecule has 6 N–H and O–H groups in total. The SMILES string of the molecule is CP(C)(=S)Cc1cc(C(=O)O)cc(/C(=N/N)NN)c1. The Bertz CT molecular complexity index is 568. The topological polar surface area (TPSA) is 114 Å². The van der Waals surface area contributed by atoms with E-state index >= 15 is 0 Å². The van der Waals surface area contributed by atoms with Gasteiger partial charge in [-0.25, -0.2) is 10.6 Å². The van der Waals surface area contributed by atoms with Gasteiger partial charge in [-0.05, 0) is 43.1 Å². The predicted molar refractivity (Wildman–Crippen MR) is 81.3 cm³/mol. The van der Waals surface area contributed by atoms with E-state index < -0.39 is 12.0 Å². The zero-order chi connectivity index (χ0) is 14.6. The fourth-order valence-corrected chi connectivity index (χ4v) is 3.19. The Balaban J connectivity index is 3.33. The van der Waals surface area contributed by atoms with Crippen LogP contribution in [0.25, 0.3) is 0 Å². The van der Waals surface area contributed by atoms with Gasteiger partial charge in [0.05, 0.1) is 5.56 Å². The molecule has 1 aromatic carbocycles. The van der Waals surface area contributed by atoms with Gasteiger partial charge in [-0.1, -0.05) is 11.8 Å². The van der Waals surface area contributed by atoms with Crippen molar-refractivity contribution >= 4 is 29.6 Å². The summed E-state index contributed by atoms with van der Waals surface area (Å²) in [6, 6.07) is 3.39. The van der Waals surface area contributed by atoms with Crippen LogP contribution in [-0.2, 0) is 18.0 Å². The molecule has 0 aliphatic carbocycles. The minimum atomic E-state index is -1.49. The Hall–Kier alpha value is -1.43. The first-order valence-corrected chi connectivity index (χ1v) is 9.31. The van der Waals surface area contributed by atoms with Crippen LogP contribution in [0.4, 0.5) is 0 Å². The lowest BCUT2D eigenvalue weighted by Crippen LogP contribution is -2.32. The van der Waals surface area contributed by atoms with E-state index in [1.165, 1.54) is 6.07 Å². The average molecular weight is 300 g/mol. The van der Waals surface area contributed by atoms with Crippen LogP contribution < -0.4 is 17.1 Å². The second kappa shape index (κ2) is 6.14. The van der Waals surface area contributed by atoms with Gasteiger partial charge >= 0.3 is 5.97 Å². The Morgan fingerprint density at radius 3 is 2.42 bits per heavy atom. The zero-order valence-corrected chi connectivity index (χ0v) is 12.5. The predicted octanol–water partition coefficient (Wildman–Crippen LogP) is 0.708. The van der Waals surface area contributed by atoms with Gasteiger partial charge in [0.2, 0.25) is 0 Å². The molecule has 6 nitrogen and oxygen atoms in total. The van der Waals surface area contributed by atoms with Crippen molar-refractivity contribution in [1.82, 2.24) is 5.43 Å². The Morgan fingerprint density at radius 1 is 1.42 bits per heavy atom. The van der Waals surface area contributed by atoms with Crippen LogP contribution >= 0.6 is 6.04 Å². The van der Waals surface area contributed by atoms with E-state index in [0.29, 0.717) is 11.7 Å². The molecule has 0 bridgehead atoms. The number of hydrogen-bond acceptors (Lipinski definition) is 5. The number of hydrogen-bond donors (Lipinski definition) is 4. The van der Waals surface area contributed by atoms with Gasteiger partial charge in [-0.3, -0.25) is 0 Å². The summed E-state index contributed by atoms with van der Waals surface area (Å²) < 4.78 is 0. The molecule has 1 rings (SSSR count). The van der Waals surface area contributed by atoms with Crippen LogP contribution in [0.1, 0.15) is 21.5 Å². The lowest BCUT2D eigenvalue weighted by atomic mass is 10.1. The maximum absolute atomic E-state index is 11.1. The first-order chi connectivity index (χ1) is 8.76. The van der Waals surface area contributed by atoms with Crippen LogP contribution in [0.3, 0.4) is 0 Å². The molecule has 8 heteroatoms. The molecule has 0 aliphatic heterocycles. The van der Waals surface area contributed by atoms with Gasteiger partial charge in [0.1, 0.15) is 0 Å². The molecule has 0 radical (unpaired) electrons. The summed E-state index contributed by atoms with van der Waals surface area (Å²) in [4.78, 5) is 11.1. The maximum Gasteiger partial charge on any atom is 0.335 e. The van der Waals surface area contributed by atoms with E-state index in [9.17, 15) is 4.79 Å². The number of benzene rings is 1. The number of aromatic carboxylic acids is 1. The highest BCUT2D eigenvalue weighted by Crippen LogP contribution is 2.41. The van der Waals surface area contributed by atoms with Gasteiger partial charge in [-0.15, -0.1) is 0 Å². The Kier molecular flexibility index (Phi) is 5.05. The van der Waals surface area contributed by atoms with Crippen molar-refractivity contribution in [2.45, 2.75) is 6.16 Å². The summed E-state index contributed by atoms with van der Waals surface area (Å²) in [6.07, 6.45) is 0.666. The summed E-state index contributed by atoms with van der Waals surface area (Å²) in [6.45, 7) is 4.02. The molecule has 104 valence electrons. The average Bonchev–Trinajstić information content (AvgIpc) is 2.28. The smallest absolute Gasteiger partial charge is 0.335 e. The summed E-state index contributed by atoms with van der Waals surface area (Å²) in [5.74, 6) is 9.71. The van der Waals surface area contributed by atoms with E-state index in [1.54, 1.807) is 12.1 Å². The van der Waals surface area contributed by atoms with Crippen molar-refractivity contribution in [3.63, 3.8) is 0 Å². The van der Waals surface area contributed by atoms with Gasteiger partial charge in [0, 0.05) is 11.7 Å². The molecule has 0 saturated heterocycles.